The van der Waals surface area contributed by atoms with E-state index < -0.39 is 0 Å². The summed E-state index contributed by atoms with van der Waals surface area (Å²) >= 11 is 0. The van der Waals surface area contributed by atoms with Gasteiger partial charge in [-0.05, 0) is 0 Å². The molecule has 0 bridgehead atoms. The number of rotatable bonds is 3. The van der Waals surface area contributed by atoms with Gasteiger partial charge in [-0.2, -0.15) is 0 Å². The van der Waals surface area contributed by atoms with Crippen LogP contribution >= 0.6 is 0 Å². The maximum Gasteiger partial charge on any atom is 0.187 e. The molecular weight excluding hydrogens is 104 g/mol. The first-order chi connectivity index (χ1) is 2.91. The highest BCUT2D eigenvalue weighted by Crippen LogP contribution is 1.69. The first-order valence-corrected chi connectivity index (χ1v) is 1.63. The summed E-state index contributed by atoms with van der Waals surface area (Å²) in [6.07, 6.45) is 1.34. The molecule has 0 radical (unpaired) electrons. The highest BCUT2D eigenvalue weighted by molar-refractivity contribution is 4.44. The van der Waals surface area contributed by atoms with Crippen molar-refractivity contribution in [3.8, 4) is 0 Å². The highest BCUT2D eigenvalue weighted by atomic mass is 16.7. The van der Waals surface area contributed by atoms with E-state index >= 15 is 0 Å². The van der Waals surface area contributed by atoms with Gasteiger partial charge in [-0.3, -0.25) is 0 Å². The zero-order valence-corrected chi connectivity index (χ0v) is 3.81. The molecule has 0 rings (SSSR count). The van der Waals surface area contributed by atoms with Crippen molar-refractivity contribution in [3.63, 3.8) is 0 Å². The number of methoxy groups -OCH3 is 1. The lowest BCUT2D eigenvalue weighted by atomic mass is 11.1. The van der Waals surface area contributed by atoms with Crippen molar-refractivity contribution in [2.24, 2.45) is 0 Å². The molecule has 0 saturated heterocycles. The van der Waals surface area contributed by atoms with Crippen molar-refractivity contribution in [2.45, 2.75) is 14.9 Å². The summed E-state index contributed by atoms with van der Waals surface area (Å²) in [5.74, 6) is 0. The Bertz CT molecular complexity index is 35.5. The van der Waals surface area contributed by atoms with Gasteiger partial charge in [0.1, 0.15) is 0 Å². The lowest BCUT2D eigenvalue weighted by Crippen LogP contribution is -1.86. The molecular formula is C6H16O2. The first kappa shape index (κ1) is 15.6. The third-order valence-electron chi connectivity index (χ3n) is 0.304. The van der Waals surface area contributed by atoms with E-state index in [1.165, 1.54) is 6.26 Å². The number of hydrogen-bond donors (Lipinski definition) is 0. The van der Waals surface area contributed by atoms with Gasteiger partial charge in [-0.1, -0.05) is 21.4 Å². The molecule has 8 heavy (non-hydrogen) atoms. The maximum absolute atomic E-state index is 4.52. The van der Waals surface area contributed by atoms with Gasteiger partial charge in [0.25, 0.3) is 0 Å². The monoisotopic (exact) mass is 120 g/mol. The molecule has 52 valence electrons. The van der Waals surface area contributed by atoms with Gasteiger partial charge in [0, 0.05) is 7.11 Å². The number of ether oxygens (including phenoxy) is 2. The van der Waals surface area contributed by atoms with E-state index in [2.05, 4.69) is 16.1 Å². The minimum Gasteiger partial charge on any atom is -0.476 e. The standard InChI is InChI=1S/C4H8O2.2CH4/c1-3-6-4-5-2;;/h3H,1,4H2,2H3;2*1H4. The molecule has 2 heteroatoms. The molecule has 0 aliphatic rings. The lowest BCUT2D eigenvalue weighted by molar-refractivity contribution is 0.0203. The largest absolute Gasteiger partial charge is 0.476 e. The van der Waals surface area contributed by atoms with E-state index in [9.17, 15) is 0 Å². The molecule has 0 aliphatic heterocycles. The van der Waals surface area contributed by atoms with Gasteiger partial charge in [0.2, 0.25) is 0 Å². The van der Waals surface area contributed by atoms with Gasteiger partial charge in [0.15, 0.2) is 6.79 Å². The van der Waals surface area contributed by atoms with Crippen molar-refractivity contribution < 1.29 is 9.47 Å². The fourth-order valence-electron chi connectivity index (χ4n) is 0.116. The van der Waals surface area contributed by atoms with Gasteiger partial charge in [0.05, 0.1) is 6.26 Å². The minimum atomic E-state index is 0. The Balaban J connectivity index is -0.000000125. The van der Waals surface area contributed by atoms with Crippen LogP contribution in [-0.2, 0) is 9.47 Å². The second-order valence-electron chi connectivity index (χ2n) is 0.740. The predicted molar refractivity (Wildman–Crippen MR) is 36.6 cm³/mol. The van der Waals surface area contributed by atoms with Crippen LogP contribution in [0.3, 0.4) is 0 Å². The van der Waals surface area contributed by atoms with E-state index in [0.29, 0.717) is 6.79 Å². The smallest absolute Gasteiger partial charge is 0.187 e. The van der Waals surface area contributed by atoms with Crippen LogP contribution in [0.2, 0.25) is 0 Å². The van der Waals surface area contributed by atoms with E-state index in [0.717, 1.165) is 0 Å². The minimum absolute atomic E-state index is 0. The average molecular weight is 120 g/mol. The lowest BCUT2D eigenvalue weighted by Gasteiger charge is -1.92. The molecule has 0 aromatic heterocycles. The highest BCUT2D eigenvalue weighted by Gasteiger charge is 1.66. The molecule has 0 N–H and O–H groups in total. The molecule has 2 nitrogen and oxygen atoms in total. The van der Waals surface area contributed by atoms with Gasteiger partial charge >= 0.3 is 0 Å². The Morgan fingerprint density at radius 1 is 1.50 bits per heavy atom. The molecule has 0 aliphatic carbocycles. The zero-order chi connectivity index (χ0) is 4.83. The van der Waals surface area contributed by atoms with Crippen LogP contribution in [0, 0.1) is 0 Å². The topological polar surface area (TPSA) is 18.5 Å². The molecule has 0 heterocycles. The average Bonchev–Trinajstić information content (AvgIpc) is 1.61. The number of hydrogen-bond acceptors (Lipinski definition) is 2. The molecule has 0 aromatic carbocycles. The second kappa shape index (κ2) is 16.1. The molecule has 0 unspecified atom stereocenters. The van der Waals surface area contributed by atoms with Crippen molar-refractivity contribution >= 4 is 0 Å². The molecule has 0 aromatic rings. The summed E-state index contributed by atoms with van der Waals surface area (Å²) in [5.41, 5.74) is 0. The molecule has 0 atom stereocenters. The summed E-state index contributed by atoms with van der Waals surface area (Å²) < 4.78 is 9.01. The maximum atomic E-state index is 4.52. The van der Waals surface area contributed by atoms with Gasteiger partial charge in [-0.25, -0.2) is 0 Å². The molecule has 0 saturated carbocycles. The fraction of sp³-hybridized carbons (Fsp3) is 0.667. The van der Waals surface area contributed by atoms with Crippen molar-refractivity contribution in [1.82, 2.24) is 0 Å². The van der Waals surface area contributed by atoms with Gasteiger partial charge < -0.3 is 9.47 Å². The molecule has 0 fully saturated rings. The summed E-state index contributed by atoms with van der Waals surface area (Å²) in [4.78, 5) is 0. The molecule has 0 spiro atoms. The summed E-state index contributed by atoms with van der Waals surface area (Å²) in [6, 6.07) is 0. The SMILES string of the molecule is C.C.C=COCOC. The van der Waals surface area contributed by atoms with Crippen molar-refractivity contribution in [1.29, 1.82) is 0 Å². The first-order valence-electron chi connectivity index (χ1n) is 1.63. The van der Waals surface area contributed by atoms with Crippen LogP contribution in [0.5, 0.6) is 0 Å². The Kier molecular flexibility index (Phi) is 31.4. The van der Waals surface area contributed by atoms with E-state index in [1.54, 1.807) is 7.11 Å². The van der Waals surface area contributed by atoms with E-state index in [1.807, 2.05) is 0 Å². The van der Waals surface area contributed by atoms with Crippen LogP contribution in [-0.4, -0.2) is 13.9 Å². The summed E-state index contributed by atoms with van der Waals surface area (Å²) in [5, 5.41) is 0. The zero-order valence-electron chi connectivity index (χ0n) is 3.81. The Labute approximate surface area is 52.1 Å². The van der Waals surface area contributed by atoms with Crippen LogP contribution in [0.15, 0.2) is 12.8 Å². The van der Waals surface area contributed by atoms with Crippen molar-refractivity contribution in [2.75, 3.05) is 13.9 Å². The van der Waals surface area contributed by atoms with Crippen LogP contribution in [0.1, 0.15) is 14.9 Å². The Morgan fingerprint density at radius 2 is 2.00 bits per heavy atom. The van der Waals surface area contributed by atoms with Crippen LogP contribution in [0.25, 0.3) is 0 Å². The van der Waals surface area contributed by atoms with Crippen LogP contribution in [0.4, 0.5) is 0 Å². The Morgan fingerprint density at radius 3 is 2.12 bits per heavy atom. The third kappa shape index (κ3) is 17.8. The Hall–Kier alpha value is -0.500. The quantitative estimate of drug-likeness (QED) is 0.322. The van der Waals surface area contributed by atoms with Crippen LogP contribution < -0.4 is 0 Å². The summed E-state index contributed by atoms with van der Waals surface area (Å²) in [6.45, 7) is 3.59. The second-order valence-corrected chi connectivity index (χ2v) is 0.740. The predicted octanol–water partition coefficient (Wildman–Crippen LogP) is 2.02. The van der Waals surface area contributed by atoms with Crippen molar-refractivity contribution in [3.05, 3.63) is 12.8 Å². The molecule has 0 amide bonds. The van der Waals surface area contributed by atoms with E-state index in [4.69, 9.17) is 0 Å². The fourth-order valence-corrected chi connectivity index (χ4v) is 0.116. The third-order valence-corrected chi connectivity index (χ3v) is 0.304. The van der Waals surface area contributed by atoms with Gasteiger partial charge in [-0.15, -0.1) is 0 Å². The normalized spacial score (nSPS) is 5.62. The van der Waals surface area contributed by atoms with E-state index in [-0.39, 0.29) is 14.9 Å². The summed E-state index contributed by atoms with van der Waals surface area (Å²) in [7, 11) is 1.56.